The van der Waals surface area contributed by atoms with Gasteiger partial charge in [0.1, 0.15) is 0 Å². The minimum Gasteiger partial charge on any atom is -0.409 e. The number of rotatable bonds is 8. The van der Waals surface area contributed by atoms with Crippen LogP contribution >= 0.6 is 11.8 Å². The van der Waals surface area contributed by atoms with Gasteiger partial charge in [0.05, 0.1) is 12.8 Å². The first kappa shape index (κ1) is 19.1. The number of ether oxygens (including phenoxy) is 2. The minimum atomic E-state index is -0.301. The van der Waals surface area contributed by atoms with Crippen LogP contribution in [0.3, 0.4) is 0 Å². The zero-order chi connectivity index (χ0) is 20.1. The van der Waals surface area contributed by atoms with Crippen molar-refractivity contribution in [2.75, 3.05) is 11.5 Å². The summed E-state index contributed by atoms with van der Waals surface area (Å²) in [4.78, 5) is 30.0. The number of aromatic amines is 2. The van der Waals surface area contributed by atoms with Gasteiger partial charge in [-0.2, -0.15) is 11.8 Å². The van der Waals surface area contributed by atoms with Crippen LogP contribution in [-0.2, 0) is 9.59 Å². The van der Waals surface area contributed by atoms with Crippen molar-refractivity contribution in [2.45, 2.75) is 12.8 Å². The first-order valence-electron chi connectivity index (χ1n) is 9.32. The van der Waals surface area contributed by atoms with Crippen molar-refractivity contribution in [3.8, 4) is 11.8 Å². The lowest BCUT2D eigenvalue weighted by molar-refractivity contribution is -0.134. The lowest BCUT2D eigenvalue weighted by Gasteiger charge is -2.03. The molecule has 0 aliphatic rings. The number of hydrogen-bond donors (Lipinski definition) is 2. The number of nitrogens with one attached hydrogen (secondary N) is 2. The largest absolute Gasteiger partial charge is 0.409 e. The summed E-state index contributed by atoms with van der Waals surface area (Å²) in [7, 11) is 0. The average Bonchev–Trinajstić information content (AvgIpc) is 3.30. The van der Waals surface area contributed by atoms with E-state index in [1.165, 1.54) is 11.8 Å². The number of carbonyl (C=O) groups is 2. The van der Waals surface area contributed by atoms with Gasteiger partial charge >= 0.3 is 11.9 Å². The normalized spacial score (nSPS) is 11.0. The van der Waals surface area contributed by atoms with Crippen molar-refractivity contribution >= 4 is 45.5 Å². The molecule has 2 heterocycles. The van der Waals surface area contributed by atoms with Gasteiger partial charge in [0.15, 0.2) is 0 Å². The highest BCUT2D eigenvalue weighted by atomic mass is 32.2. The lowest BCUT2D eigenvalue weighted by atomic mass is 10.3. The van der Waals surface area contributed by atoms with Gasteiger partial charge in [0, 0.05) is 45.4 Å². The summed E-state index contributed by atoms with van der Waals surface area (Å²) >= 11 is 1.52. The third-order valence-electron chi connectivity index (χ3n) is 4.36. The summed E-state index contributed by atoms with van der Waals surface area (Å²) < 4.78 is 10.7. The van der Waals surface area contributed by atoms with Gasteiger partial charge in [-0.3, -0.25) is 9.59 Å². The van der Waals surface area contributed by atoms with E-state index < -0.39 is 0 Å². The van der Waals surface area contributed by atoms with Crippen LogP contribution in [0.5, 0.6) is 11.8 Å². The van der Waals surface area contributed by atoms with Crippen molar-refractivity contribution < 1.29 is 19.1 Å². The quantitative estimate of drug-likeness (QED) is 0.327. The number of carbonyl (C=O) groups excluding carboxylic acids is 2. The summed E-state index contributed by atoms with van der Waals surface area (Å²) in [5.74, 6) is 1.46. The van der Waals surface area contributed by atoms with Crippen molar-refractivity contribution in [1.29, 1.82) is 0 Å². The van der Waals surface area contributed by atoms with E-state index in [1.54, 1.807) is 12.1 Å². The molecule has 0 spiro atoms. The van der Waals surface area contributed by atoms with Crippen molar-refractivity contribution in [2.24, 2.45) is 0 Å². The fourth-order valence-electron chi connectivity index (χ4n) is 2.96. The Morgan fingerprint density at radius 1 is 0.724 bits per heavy atom. The predicted octanol–water partition coefficient (Wildman–Crippen LogP) is 4.67. The van der Waals surface area contributed by atoms with E-state index in [0.717, 1.165) is 21.8 Å². The van der Waals surface area contributed by atoms with Gasteiger partial charge in [-0.05, 0) is 12.1 Å². The maximum absolute atomic E-state index is 12.0. The molecule has 4 rings (SSSR count). The molecule has 148 valence electrons. The molecule has 4 aromatic rings. The van der Waals surface area contributed by atoms with Crippen molar-refractivity contribution in [3.05, 3.63) is 60.7 Å². The second-order valence-corrected chi connectivity index (χ2v) is 7.73. The summed E-state index contributed by atoms with van der Waals surface area (Å²) in [5, 5.41) is 2.00. The van der Waals surface area contributed by atoms with Crippen molar-refractivity contribution in [1.82, 2.24) is 9.97 Å². The van der Waals surface area contributed by atoms with Crippen LogP contribution < -0.4 is 9.47 Å². The molecule has 0 atom stereocenters. The van der Waals surface area contributed by atoms with Gasteiger partial charge in [-0.15, -0.1) is 0 Å². The van der Waals surface area contributed by atoms with Crippen LogP contribution in [-0.4, -0.2) is 33.4 Å². The number of H-pyrrole nitrogens is 2. The monoisotopic (exact) mass is 408 g/mol. The van der Waals surface area contributed by atoms with Crippen molar-refractivity contribution in [3.63, 3.8) is 0 Å². The predicted molar refractivity (Wildman–Crippen MR) is 114 cm³/mol. The van der Waals surface area contributed by atoms with Crippen LogP contribution in [0.4, 0.5) is 0 Å². The minimum absolute atomic E-state index is 0.275. The number of hydrogen-bond acceptors (Lipinski definition) is 5. The SMILES string of the molecule is O=C(CCSCCC(=O)Oc1cc2ccccc2[nH]1)Oc1cc2ccccc2[nH]1. The summed E-state index contributed by atoms with van der Waals surface area (Å²) in [6, 6.07) is 19.1. The van der Waals surface area contributed by atoms with E-state index in [4.69, 9.17) is 9.47 Å². The number of aromatic nitrogens is 2. The van der Waals surface area contributed by atoms with Crippen LogP contribution in [0, 0.1) is 0 Å². The Hall–Kier alpha value is -3.19. The number of fused-ring (bicyclic) bond motifs is 2. The highest BCUT2D eigenvalue weighted by molar-refractivity contribution is 7.99. The maximum atomic E-state index is 12.0. The fourth-order valence-corrected chi connectivity index (χ4v) is 3.79. The Bertz CT molecular complexity index is 992. The Morgan fingerprint density at radius 2 is 1.17 bits per heavy atom. The number of benzene rings is 2. The van der Waals surface area contributed by atoms with Gasteiger partial charge in [0.2, 0.25) is 11.8 Å². The molecule has 6 nitrogen and oxygen atoms in total. The topological polar surface area (TPSA) is 84.2 Å². The van der Waals surface area contributed by atoms with Gasteiger partial charge in [-0.1, -0.05) is 36.4 Å². The standard InChI is InChI=1S/C22H20N2O4S/c25-21(27-19-13-15-5-1-3-7-17(15)23-19)9-11-29-12-10-22(26)28-20-14-16-6-2-4-8-18(16)24-20/h1-8,13-14,23-24H,9-12H2. The Morgan fingerprint density at radius 3 is 1.62 bits per heavy atom. The second kappa shape index (κ2) is 8.87. The molecule has 29 heavy (non-hydrogen) atoms. The average molecular weight is 408 g/mol. The first-order chi connectivity index (χ1) is 14.2. The van der Waals surface area contributed by atoms with E-state index in [2.05, 4.69) is 9.97 Å². The zero-order valence-electron chi connectivity index (χ0n) is 15.6. The number of para-hydroxylation sites is 2. The second-order valence-electron chi connectivity index (χ2n) is 6.50. The van der Waals surface area contributed by atoms with Gasteiger partial charge < -0.3 is 19.4 Å². The van der Waals surface area contributed by atoms with Gasteiger partial charge in [-0.25, -0.2) is 0 Å². The van der Waals surface area contributed by atoms with E-state index in [-0.39, 0.29) is 24.8 Å². The highest BCUT2D eigenvalue weighted by Gasteiger charge is 2.10. The van der Waals surface area contributed by atoms with Crippen LogP contribution in [0.1, 0.15) is 12.8 Å². The fraction of sp³-hybridized carbons (Fsp3) is 0.182. The lowest BCUT2D eigenvalue weighted by Crippen LogP contribution is -2.11. The van der Waals surface area contributed by atoms with Crippen LogP contribution in [0.25, 0.3) is 21.8 Å². The van der Waals surface area contributed by atoms with E-state index in [0.29, 0.717) is 23.3 Å². The Labute approximate surface area is 171 Å². The van der Waals surface area contributed by atoms with E-state index in [9.17, 15) is 9.59 Å². The van der Waals surface area contributed by atoms with E-state index >= 15 is 0 Å². The molecule has 0 aliphatic heterocycles. The third-order valence-corrected chi connectivity index (χ3v) is 5.34. The highest BCUT2D eigenvalue weighted by Crippen LogP contribution is 2.21. The first-order valence-corrected chi connectivity index (χ1v) is 10.5. The number of esters is 2. The zero-order valence-corrected chi connectivity index (χ0v) is 16.5. The molecule has 2 N–H and O–H groups in total. The molecular weight excluding hydrogens is 388 g/mol. The maximum Gasteiger partial charge on any atom is 0.313 e. The van der Waals surface area contributed by atoms with Crippen LogP contribution in [0.15, 0.2) is 60.7 Å². The molecule has 0 saturated heterocycles. The van der Waals surface area contributed by atoms with Gasteiger partial charge in [0.25, 0.3) is 0 Å². The summed E-state index contributed by atoms with van der Waals surface area (Å²) in [5.41, 5.74) is 1.86. The Balaban J connectivity index is 1.14. The summed E-state index contributed by atoms with van der Waals surface area (Å²) in [6.07, 6.45) is 0.550. The molecule has 0 unspecified atom stereocenters. The molecule has 0 aliphatic carbocycles. The molecule has 0 saturated carbocycles. The molecular formula is C22H20N2O4S. The Kier molecular flexibility index (Phi) is 5.86. The smallest absolute Gasteiger partial charge is 0.313 e. The summed E-state index contributed by atoms with van der Waals surface area (Å²) in [6.45, 7) is 0. The molecule has 0 amide bonds. The third kappa shape index (κ3) is 5.00. The molecule has 0 radical (unpaired) electrons. The molecule has 7 heteroatoms. The number of thioether (sulfide) groups is 1. The molecule has 0 fully saturated rings. The van der Waals surface area contributed by atoms with Crippen LogP contribution in [0.2, 0.25) is 0 Å². The van der Waals surface area contributed by atoms with E-state index in [1.807, 2.05) is 48.5 Å². The molecule has 2 aromatic carbocycles. The molecule has 0 bridgehead atoms. The molecule has 2 aromatic heterocycles.